The molecule has 2 aromatic rings. The number of thiophene rings is 1. The van der Waals surface area contributed by atoms with Crippen LogP contribution in [0.2, 0.25) is 0 Å². The second-order valence-electron chi connectivity index (χ2n) is 4.08. The molecule has 0 aliphatic carbocycles. The fourth-order valence-electron chi connectivity index (χ4n) is 1.79. The fourth-order valence-corrected chi connectivity index (χ4v) is 5.21. The Hall–Kier alpha value is 0.160. The third kappa shape index (κ3) is 3.18. The molecule has 0 saturated carbocycles. The first-order valence-corrected chi connectivity index (χ1v) is 8.70. The van der Waals surface area contributed by atoms with Crippen molar-refractivity contribution < 1.29 is 0 Å². The molecule has 1 nitrogen and oxygen atoms in total. The maximum absolute atomic E-state index is 3.59. The third-order valence-corrected chi connectivity index (χ3v) is 5.57. The molecule has 1 atom stereocenters. The highest BCUT2D eigenvalue weighted by Gasteiger charge is 2.13. The Kier molecular flexibility index (Phi) is 4.92. The largest absolute Gasteiger partial charge is 0.376 e. The minimum absolute atomic E-state index is 0.291. The molecule has 5 heteroatoms. The highest BCUT2D eigenvalue weighted by molar-refractivity contribution is 9.11. The van der Waals surface area contributed by atoms with Crippen LogP contribution in [-0.4, -0.2) is 0 Å². The quantitative estimate of drug-likeness (QED) is 0.558. The van der Waals surface area contributed by atoms with Crippen molar-refractivity contribution in [2.45, 2.75) is 19.9 Å². The van der Waals surface area contributed by atoms with Gasteiger partial charge < -0.3 is 5.32 Å². The lowest BCUT2D eigenvalue weighted by Gasteiger charge is -2.18. The van der Waals surface area contributed by atoms with Gasteiger partial charge in [0.2, 0.25) is 0 Å². The molecule has 0 amide bonds. The Labute approximate surface area is 136 Å². The van der Waals surface area contributed by atoms with Crippen molar-refractivity contribution >= 4 is 64.8 Å². The van der Waals surface area contributed by atoms with Gasteiger partial charge in [-0.15, -0.1) is 11.3 Å². The average Bonchev–Trinajstić information content (AvgIpc) is 2.69. The topological polar surface area (TPSA) is 12.0 Å². The summed E-state index contributed by atoms with van der Waals surface area (Å²) in [5.74, 6) is 0. The van der Waals surface area contributed by atoms with E-state index in [9.17, 15) is 0 Å². The molecule has 0 fully saturated rings. The number of benzene rings is 1. The van der Waals surface area contributed by atoms with Gasteiger partial charge in [0.05, 0.1) is 11.7 Å². The van der Waals surface area contributed by atoms with Gasteiger partial charge in [-0.3, -0.25) is 0 Å². The molecule has 96 valence electrons. The van der Waals surface area contributed by atoms with Gasteiger partial charge in [0.1, 0.15) is 0 Å². The Balaban J connectivity index is 2.27. The van der Waals surface area contributed by atoms with Crippen LogP contribution >= 0.6 is 59.1 Å². The van der Waals surface area contributed by atoms with Crippen molar-refractivity contribution in [3.63, 3.8) is 0 Å². The van der Waals surface area contributed by atoms with E-state index in [0.29, 0.717) is 6.04 Å². The third-order valence-electron chi connectivity index (χ3n) is 2.66. The Morgan fingerprint density at radius 1 is 1.17 bits per heavy atom. The summed E-state index contributed by atoms with van der Waals surface area (Å²) in [4.78, 5) is 1.37. The van der Waals surface area contributed by atoms with E-state index in [1.807, 2.05) is 12.1 Å². The van der Waals surface area contributed by atoms with Gasteiger partial charge in [-0.05, 0) is 74.8 Å². The van der Waals surface area contributed by atoms with E-state index in [1.54, 1.807) is 11.3 Å². The van der Waals surface area contributed by atoms with Crippen LogP contribution in [0.3, 0.4) is 0 Å². The number of nitrogens with one attached hydrogen (secondary N) is 1. The number of anilines is 1. The first-order valence-electron chi connectivity index (χ1n) is 5.44. The predicted molar refractivity (Wildman–Crippen MR) is 90.6 cm³/mol. The second-order valence-corrected chi connectivity index (χ2v) is 7.65. The summed E-state index contributed by atoms with van der Waals surface area (Å²) in [5, 5.41) is 5.68. The smallest absolute Gasteiger partial charge is 0.0634 e. The number of rotatable bonds is 3. The van der Waals surface area contributed by atoms with E-state index in [1.165, 1.54) is 10.4 Å². The molecule has 0 saturated heterocycles. The zero-order valence-corrected chi connectivity index (χ0v) is 15.5. The summed E-state index contributed by atoms with van der Waals surface area (Å²) in [6.45, 7) is 4.33. The van der Waals surface area contributed by atoms with Crippen LogP contribution < -0.4 is 5.32 Å². The molecule has 18 heavy (non-hydrogen) atoms. The van der Waals surface area contributed by atoms with Gasteiger partial charge in [-0.1, -0.05) is 15.9 Å². The number of hydrogen-bond acceptors (Lipinski definition) is 2. The van der Waals surface area contributed by atoms with Crippen molar-refractivity contribution in [2.75, 3.05) is 5.32 Å². The summed E-state index contributed by atoms with van der Waals surface area (Å²) >= 11 is 12.4. The van der Waals surface area contributed by atoms with Crippen molar-refractivity contribution in [2.24, 2.45) is 0 Å². The molecule has 0 spiro atoms. The van der Waals surface area contributed by atoms with Crippen LogP contribution in [0, 0.1) is 6.92 Å². The lowest BCUT2D eigenvalue weighted by Crippen LogP contribution is -2.07. The van der Waals surface area contributed by atoms with Crippen molar-refractivity contribution in [1.29, 1.82) is 0 Å². The predicted octanol–water partition coefficient (Wildman–Crippen LogP) is 6.52. The van der Waals surface area contributed by atoms with Gasteiger partial charge in [0, 0.05) is 18.3 Å². The number of aryl methyl sites for hydroxylation is 1. The molecule has 1 N–H and O–H groups in total. The normalized spacial score (nSPS) is 12.5. The minimum Gasteiger partial charge on any atom is -0.376 e. The van der Waals surface area contributed by atoms with E-state index >= 15 is 0 Å². The monoisotopic (exact) mass is 451 g/mol. The molecule has 0 radical (unpaired) electrons. The maximum atomic E-state index is 3.59. The van der Waals surface area contributed by atoms with Crippen LogP contribution in [0.25, 0.3) is 0 Å². The molecule has 1 unspecified atom stereocenters. The van der Waals surface area contributed by atoms with Gasteiger partial charge in [-0.2, -0.15) is 0 Å². The van der Waals surface area contributed by atoms with Crippen LogP contribution in [-0.2, 0) is 0 Å². The van der Waals surface area contributed by atoms with E-state index in [0.717, 1.165) is 19.1 Å². The first-order chi connectivity index (χ1) is 8.49. The first kappa shape index (κ1) is 14.6. The summed E-state index contributed by atoms with van der Waals surface area (Å²) in [7, 11) is 0. The van der Waals surface area contributed by atoms with Crippen LogP contribution in [0.5, 0.6) is 0 Å². The van der Waals surface area contributed by atoms with Crippen LogP contribution in [0.4, 0.5) is 5.69 Å². The van der Waals surface area contributed by atoms with E-state index < -0.39 is 0 Å². The standard InChI is InChI=1S/C13H12Br3NS/c1-7-3-4-18-13(7)8(2)17-12-10(15)5-9(14)6-11(12)16/h3-6,8,17H,1-2H3. The van der Waals surface area contributed by atoms with E-state index in [2.05, 4.69) is 78.4 Å². The molecule has 1 heterocycles. The summed E-state index contributed by atoms with van der Waals surface area (Å²) < 4.78 is 3.14. The SMILES string of the molecule is Cc1ccsc1C(C)Nc1c(Br)cc(Br)cc1Br. The summed E-state index contributed by atoms with van der Waals surface area (Å²) in [5.41, 5.74) is 2.42. The summed E-state index contributed by atoms with van der Waals surface area (Å²) in [6.07, 6.45) is 0. The highest BCUT2D eigenvalue weighted by Crippen LogP contribution is 2.37. The summed E-state index contributed by atoms with van der Waals surface area (Å²) in [6, 6.07) is 6.53. The molecule has 0 bridgehead atoms. The van der Waals surface area contributed by atoms with Gasteiger partial charge in [0.15, 0.2) is 0 Å². The van der Waals surface area contributed by atoms with Gasteiger partial charge in [0.25, 0.3) is 0 Å². The molecular weight excluding hydrogens is 442 g/mol. The zero-order chi connectivity index (χ0) is 13.3. The van der Waals surface area contributed by atoms with Gasteiger partial charge >= 0.3 is 0 Å². The maximum Gasteiger partial charge on any atom is 0.0634 e. The lowest BCUT2D eigenvalue weighted by atomic mass is 10.2. The molecule has 0 aliphatic rings. The molecular formula is C13H12Br3NS. The van der Waals surface area contributed by atoms with Crippen molar-refractivity contribution in [1.82, 2.24) is 0 Å². The van der Waals surface area contributed by atoms with E-state index in [-0.39, 0.29) is 0 Å². The highest BCUT2D eigenvalue weighted by atomic mass is 79.9. The van der Waals surface area contributed by atoms with Crippen LogP contribution in [0.1, 0.15) is 23.4 Å². The van der Waals surface area contributed by atoms with Crippen molar-refractivity contribution in [3.05, 3.63) is 47.4 Å². The van der Waals surface area contributed by atoms with Gasteiger partial charge in [-0.25, -0.2) is 0 Å². The molecule has 1 aromatic carbocycles. The molecule has 2 rings (SSSR count). The zero-order valence-electron chi connectivity index (χ0n) is 9.93. The number of halogens is 3. The average molecular weight is 454 g/mol. The fraction of sp³-hybridized carbons (Fsp3) is 0.231. The van der Waals surface area contributed by atoms with Crippen LogP contribution in [0.15, 0.2) is 37.0 Å². The Bertz CT molecular complexity index is 542. The molecule has 0 aliphatic heterocycles. The molecule has 1 aromatic heterocycles. The Morgan fingerprint density at radius 3 is 2.28 bits per heavy atom. The lowest BCUT2D eigenvalue weighted by molar-refractivity contribution is 0.896. The van der Waals surface area contributed by atoms with Crippen molar-refractivity contribution in [3.8, 4) is 0 Å². The number of hydrogen-bond donors (Lipinski definition) is 1. The second kappa shape index (κ2) is 6.07. The van der Waals surface area contributed by atoms with E-state index in [4.69, 9.17) is 0 Å². The Morgan fingerprint density at radius 2 is 1.78 bits per heavy atom. The minimum atomic E-state index is 0.291.